The molecule has 7 heteroatoms. The average molecular weight is 437 g/mol. The van der Waals surface area contributed by atoms with Gasteiger partial charge in [0.05, 0.1) is 11.3 Å². The van der Waals surface area contributed by atoms with E-state index in [0.717, 1.165) is 20.2 Å². The van der Waals surface area contributed by atoms with Gasteiger partial charge in [0.2, 0.25) is 0 Å². The summed E-state index contributed by atoms with van der Waals surface area (Å²) in [7, 11) is 3.16. The van der Waals surface area contributed by atoms with Crippen molar-refractivity contribution in [3.8, 4) is 0 Å². The van der Waals surface area contributed by atoms with E-state index in [4.69, 9.17) is 0 Å². The van der Waals surface area contributed by atoms with Gasteiger partial charge in [0, 0.05) is 36.2 Å². The lowest BCUT2D eigenvalue weighted by Gasteiger charge is -2.15. The zero-order chi connectivity index (χ0) is 19.8. The summed E-state index contributed by atoms with van der Waals surface area (Å²) in [6.07, 6.45) is 0.332. The number of aromatic nitrogens is 2. The Morgan fingerprint density at radius 3 is 2.21 bits per heavy atom. The van der Waals surface area contributed by atoms with Crippen molar-refractivity contribution < 1.29 is 0 Å². The minimum Gasteiger partial charge on any atom is -0.300 e. The van der Waals surface area contributed by atoms with Crippen LogP contribution >= 0.6 is 15.9 Å². The number of hydrogen-bond acceptors (Lipinski definition) is 4. The van der Waals surface area contributed by atoms with Crippen molar-refractivity contribution in [2.75, 3.05) is 0 Å². The third kappa shape index (κ3) is 3.07. The fourth-order valence-corrected chi connectivity index (χ4v) is 3.55. The summed E-state index contributed by atoms with van der Waals surface area (Å²) >= 11 is 3.43. The van der Waals surface area contributed by atoms with E-state index in [0.29, 0.717) is 29.1 Å². The van der Waals surface area contributed by atoms with E-state index < -0.39 is 0 Å². The molecule has 0 radical (unpaired) electrons. The molecule has 0 aliphatic carbocycles. The van der Waals surface area contributed by atoms with Gasteiger partial charge in [-0.25, -0.2) is 4.79 Å². The molecule has 1 aliphatic rings. The van der Waals surface area contributed by atoms with E-state index in [9.17, 15) is 9.59 Å². The van der Waals surface area contributed by atoms with Gasteiger partial charge in [-0.3, -0.25) is 13.9 Å². The number of fused-ring (bicyclic) bond motifs is 1. The molecule has 0 amide bonds. The molecule has 6 nitrogen and oxygen atoms in total. The van der Waals surface area contributed by atoms with Crippen LogP contribution in [-0.2, 0) is 20.5 Å². The van der Waals surface area contributed by atoms with E-state index in [1.165, 1.54) is 11.6 Å². The van der Waals surface area contributed by atoms with Gasteiger partial charge in [-0.05, 0) is 17.7 Å². The Hall–Kier alpha value is -3.06. The fraction of sp³-hybridized carbons (Fsp3) is 0.143. The number of hydrogen-bond donors (Lipinski definition) is 0. The molecule has 0 N–H and O–H groups in total. The molecule has 2 aromatic carbocycles. The van der Waals surface area contributed by atoms with Crippen molar-refractivity contribution in [3.63, 3.8) is 0 Å². The SMILES string of the molecule is Cn1c2c(c(=O)n(C)c1=O)C(c1ccccc1)=NN=C(c1ccc(Br)cc1)C2. The maximum Gasteiger partial charge on any atom is 0.330 e. The van der Waals surface area contributed by atoms with Crippen LogP contribution < -0.4 is 11.2 Å². The predicted octanol–water partition coefficient (Wildman–Crippen LogP) is 2.64. The summed E-state index contributed by atoms with van der Waals surface area (Å²) in [5.74, 6) is 0. The summed E-state index contributed by atoms with van der Waals surface area (Å²) in [5.41, 5.74) is 3.12. The van der Waals surface area contributed by atoms with E-state index in [1.54, 1.807) is 7.05 Å². The predicted molar refractivity (Wildman–Crippen MR) is 113 cm³/mol. The lowest BCUT2D eigenvalue weighted by atomic mass is 9.98. The second-order valence-electron chi connectivity index (χ2n) is 6.57. The third-order valence-electron chi connectivity index (χ3n) is 4.85. The third-order valence-corrected chi connectivity index (χ3v) is 5.38. The van der Waals surface area contributed by atoms with E-state index in [2.05, 4.69) is 26.1 Å². The van der Waals surface area contributed by atoms with Gasteiger partial charge in [-0.1, -0.05) is 58.4 Å². The van der Waals surface area contributed by atoms with Crippen LogP contribution in [0.1, 0.15) is 22.4 Å². The number of nitrogens with zero attached hydrogens (tertiary/aromatic N) is 4. The minimum atomic E-state index is -0.368. The maximum atomic E-state index is 13.0. The molecular formula is C21H17BrN4O2. The number of rotatable bonds is 2. The normalized spacial score (nSPS) is 13.4. The van der Waals surface area contributed by atoms with Gasteiger partial charge in [0.1, 0.15) is 5.71 Å². The Balaban J connectivity index is 2.02. The van der Waals surface area contributed by atoms with Gasteiger partial charge in [0.15, 0.2) is 0 Å². The number of halogens is 1. The molecule has 4 rings (SSSR count). The minimum absolute atomic E-state index is 0.332. The molecule has 3 aromatic rings. The van der Waals surface area contributed by atoms with Crippen molar-refractivity contribution in [2.24, 2.45) is 24.3 Å². The second kappa shape index (κ2) is 7.16. The average Bonchev–Trinajstić information content (AvgIpc) is 2.92. The van der Waals surface area contributed by atoms with Gasteiger partial charge in [-0.2, -0.15) is 5.10 Å². The molecule has 28 heavy (non-hydrogen) atoms. The Kier molecular flexibility index (Phi) is 4.68. The van der Waals surface area contributed by atoms with Gasteiger partial charge in [-0.15, -0.1) is 5.10 Å². The molecule has 0 bridgehead atoms. The van der Waals surface area contributed by atoms with Crippen LogP contribution in [0, 0.1) is 0 Å². The van der Waals surface area contributed by atoms with Crippen LogP contribution in [0.5, 0.6) is 0 Å². The highest BCUT2D eigenvalue weighted by atomic mass is 79.9. The van der Waals surface area contributed by atoms with Crippen LogP contribution in [-0.4, -0.2) is 20.6 Å². The Morgan fingerprint density at radius 2 is 1.54 bits per heavy atom. The highest BCUT2D eigenvalue weighted by molar-refractivity contribution is 9.10. The molecule has 2 heterocycles. The Labute approximate surface area is 169 Å². The standard InChI is InChI=1S/C21H17BrN4O2/c1-25-17-12-16(13-8-10-15(22)11-9-13)23-24-19(14-6-4-3-5-7-14)18(17)20(27)26(2)21(25)28/h3-11H,12H2,1-2H3. The van der Waals surface area contributed by atoms with Crippen LogP contribution in [0.25, 0.3) is 0 Å². The summed E-state index contributed by atoms with van der Waals surface area (Å²) in [6.45, 7) is 0. The highest BCUT2D eigenvalue weighted by Gasteiger charge is 2.25. The van der Waals surface area contributed by atoms with E-state index in [1.807, 2.05) is 54.6 Å². The van der Waals surface area contributed by atoms with Crippen molar-refractivity contribution >= 4 is 27.4 Å². The first-order chi connectivity index (χ1) is 13.5. The lowest BCUT2D eigenvalue weighted by Crippen LogP contribution is -2.42. The molecule has 1 aliphatic heterocycles. The molecular weight excluding hydrogens is 420 g/mol. The smallest absolute Gasteiger partial charge is 0.300 e. The molecule has 1 aromatic heterocycles. The largest absolute Gasteiger partial charge is 0.330 e. The zero-order valence-corrected chi connectivity index (χ0v) is 17.0. The topological polar surface area (TPSA) is 68.7 Å². The van der Waals surface area contributed by atoms with Crippen molar-refractivity contribution in [1.82, 2.24) is 9.13 Å². The Morgan fingerprint density at radius 1 is 0.857 bits per heavy atom. The molecule has 0 fully saturated rings. The van der Waals surface area contributed by atoms with Crippen LogP contribution in [0.2, 0.25) is 0 Å². The van der Waals surface area contributed by atoms with Crippen LogP contribution in [0.4, 0.5) is 0 Å². The van der Waals surface area contributed by atoms with Crippen molar-refractivity contribution in [2.45, 2.75) is 6.42 Å². The maximum absolute atomic E-state index is 13.0. The van der Waals surface area contributed by atoms with Gasteiger partial charge < -0.3 is 0 Å². The highest BCUT2D eigenvalue weighted by Crippen LogP contribution is 2.19. The molecule has 0 atom stereocenters. The quantitative estimate of drug-likeness (QED) is 0.619. The van der Waals surface area contributed by atoms with E-state index >= 15 is 0 Å². The summed E-state index contributed by atoms with van der Waals surface area (Å²) in [6, 6.07) is 17.2. The van der Waals surface area contributed by atoms with Crippen LogP contribution in [0.3, 0.4) is 0 Å². The monoisotopic (exact) mass is 436 g/mol. The second-order valence-corrected chi connectivity index (χ2v) is 7.49. The van der Waals surface area contributed by atoms with Crippen molar-refractivity contribution in [1.29, 1.82) is 0 Å². The molecule has 0 saturated heterocycles. The summed E-state index contributed by atoms with van der Waals surface area (Å²) < 4.78 is 3.58. The lowest BCUT2D eigenvalue weighted by molar-refractivity contribution is 0.660. The Bertz CT molecular complexity index is 1240. The first-order valence-electron chi connectivity index (χ1n) is 8.72. The van der Waals surface area contributed by atoms with Crippen molar-refractivity contribution in [3.05, 3.63) is 102 Å². The summed E-state index contributed by atoms with van der Waals surface area (Å²) in [5, 5.41) is 8.91. The fourth-order valence-electron chi connectivity index (χ4n) is 3.29. The summed E-state index contributed by atoms with van der Waals surface area (Å²) in [4.78, 5) is 25.6. The zero-order valence-electron chi connectivity index (χ0n) is 15.4. The first kappa shape index (κ1) is 18.3. The van der Waals surface area contributed by atoms with Gasteiger partial charge in [0.25, 0.3) is 5.56 Å². The number of benzene rings is 2. The first-order valence-corrected chi connectivity index (χ1v) is 9.52. The molecule has 0 saturated carbocycles. The molecule has 0 spiro atoms. The molecule has 140 valence electrons. The van der Waals surface area contributed by atoms with Gasteiger partial charge >= 0.3 is 5.69 Å². The molecule has 0 unspecified atom stereocenters. The van der Waals surface area contributed by atoms with Crippen LogP contribution in [0.15, 0.2) is 78.9 Å². The van der Waals surface area contributed by atoms with E-state index in [-0.39, 0.29) is 11.2 Å².